The van der Waals surface area contributed by atoms with Gasteiger partial charge >= 0.3 is 12.1 Å². The van der Waals surface area contributed by atoms with Gasteiger partial charge < -0.3 is 14.2 Å². The zero-order chi connectivity index (χ0) is 26.4. The number of hydrogen-bond donors (Lipinski definition) is 0. The van der Waals surface area contributed by atoms with E-state index in [0.29, 0.717) is 5.56 Å². The number of nitro benzene ring substituents is 1. The average Bonchev–Trinajstić information content (AvgIpc) is 3.23. The van der Waals surface area contributed by atoms with E-state index >= 15 is 0 Å². The third-order valence-electron chi connectivity index (χ3n) is 6.51. The highest BCUT2D eigenvalue weighted by Crippen LogP contribution is 2.44. The molecular weight excluding hydrogens is 474 g/mol. The Morgan fingerprint density at radius 3 is 2.22 bits per heavy atom. The quantitative estimate of drug-likeness (QED) is 0.132. The summed E-state index contributed by atoms with van der Waals surface area (Å²) in [5.41, 5.74) is 4.66. The molecule has 0 radical (unpaired) electrons. The highest BCUT2D eigenvalue weighted by atomic mass is 16.7. The van der Waals surface area contributed by atoms with Crippen molar-refractivity contribution in [3.05, 3.63) is 99.1 Å². The standard InChI is InChI=1S/C29H29NO7/c1-3-4-15-35-28(31)20-13-14-21(27(16-20)30(33)34)19(2)17-36-29(32)37-18-26-24-11-7-5-9-22(24)23-10-6-8-12-25(23)26/h5-14,16,19,26H,3-4,15,17-18H2,1-2H3. The molecule has 0 aromatic heterocycles. The smallest absolute Gasteiger partial charge is 0.462 e. The van der Waals surface area contributed by atoms with Crippen molar-refractivity contribution < 1.29 is 28.7 Å². The summed E-state index contributed by atoms with van der Waals surface area (Å²) in [4.78, 5) is 35.7. The highest BCUT2D eigenvalue weighted by molar-refractivity contribution is 5.90. The molecule has 192 valence electrons. The van der Waals surface area contributed by atoms with Gasteiger partial charge in [0, 0.05) is 23.5 Å². The topological polar surface area (TPSA) is 105 Å². The average molecular weight is 504 g/mol. The molecule has 1 unspecified atom stereocenters. The highest BCUT2D eigenvalue weighted by Gasteiger charge is 2.29. The van der Waals surface area contributed by atoms with Gasteiger partial charge in [-0.25, -0.2) is 9.59 Å². The van der Waals surface area contributed by atoms with Gasteiger partial charge in [0.15, 0.2) is 0 Å². The molecule has 0 aliphatic heterocycles. The fraction of sp³-hybridized carbons (Fsp3) is 0.310. The second-order valence-corrected chi connectivity index (χ2v) is 9.02. The number of carbonyl (C=O) groups excluding carboxylic acids is 2. The zero-order valence-electron chi connectivity index (χ0n) is 20.8. The Morgan fingerprint density at radius 2 is 1.59 bits per heavy atom. The number of esters is 1. The Hall–Kier alpha value is -4.20. The summed E-state index contributed by atoms with van der Waals surface area (Å²) >= 11 is 0. The number of nitrogens with zero attached hydrogens (tertiary/aromatic N) is 1. The molecule has 0 saturated carbocycles. The SMILES string of the molecule is CCCCOC(=O)c1ccc(C(C)COC(=O)OCC2c3ccccc3-c3ccccc32)c([N+](=O)[O-])c1. The molecule has 1 atom stereocenters. The van der Waals surface area contributed by atoms with E-state index in [9.17, 15) is 19.7 Å². The first-order valence-corrected chi connectivity index (χ1v) is 12.3. The number of ether oxygens (including phenoxy) is 3. The van der Waals surface area contributed by atoms with Crippen molar-refractivity contribution in [2.24, 2.45) is 0 Å². The fourth-order valence-corrected chi connectivity index (χ4v) is 4.55. The van der Waals surface area contributed by atoms with E-state index in [0.717, 1.165) is 35.1 Å². The molecule has 37 heavy (non-hydrogen) atoms. The first kappa shape index (κ1) is 25.9. The van der Waals surface area contributed by atoms with Gasteiger partial charge in [0.25, 0.3) is 5.69 Å². The summed E-state index contributed by atoms with van der Waals surface area (Å²) in [5.74, 6) is -1.19. The lowest BCUT2D eigenvalue weighted by atomic mass is 9.98. The van der Waals surface area contributed by atoms with Crippen molar-refractivity contribution in [2.45, 2.75) is 38.5 Å². The molecule has 3 aromatic carbocycles. The molecule has 8 nitrogen and oxygen atoms in total. The molecule has 0 saturated heterocycles. The third kappa shape index (κ3) is 5.80. The van der Waals surface area contributed by atoms with Crippen LogP contribution < -0.4 is 0 Å². The van der Waals surface area contributed by atoms with Crippen LogP contribution in [0.15, 0.2) is 66.7 Å². The van der Waals surface area contributed by atoms with Crippen molar-refractivity contribution in [1.29, 1.82) is 0 Å². The lowest BCUT2D eigenvalue weighted by Gasteiger charge is -2.16. The van der Waals surface area contributed by atoms with Gasteiger partial charge in [0.2, 0.25) is 0 Å². The summed E-state index contributed by atoms with van der Waals surface area (Å²) in [5, 5.41) is 11.7. The molecule has 3 aromatic rings. The molecule has 0 amide bonds. The van der Waals surface area contributed by atoms with Crippen molar-refractivity contribution >= 4 is 17.8 Å². The molecule has 0 heterocycles. The Bertz CT molecular complexity index is 1260. The Labute approximate surface area is 215 Å². The van der Waals surface area contributed by atoms with E-state index in [-0.39, 0.29) is 37.0 Å². The third-order valence-corrected chi connectivity index (χ3v) is 6.51. The summed E-state index contributed by atoms with van der Waals surface area (Å²) in [6, 6.07) is 20.2. The monoisotopic (exact) mass is 503 g/mol. The van der Waals surface area contributed by atoms with Crippen LogP contribution in [0.3, 0.4) is 0 Å². The minimum Gasteiger partial charge on any atom is -0.462 e. The van der Waals surface area contributed by atoms with Gasteiger partial charge in [0.05, 0.1) is 17.1 Å². The number of rotatable bonds is 10. The number of carbonyl (C=O) groups is 2. The second kappa shape index (κ2) is 11.7. The van der Waals surface area contributed by atoms with Crippen molar-refractivity contribution in [3.8, 4) is 11.1 Å². The lowest BCUT2D eigenvalue weighted by Crippen LogP contribution is -2.17. The number of fused-ring (bicyclic) bond motifs is 3. The van der Waals surface area contributed by atoms with Crippen LogP contribution in [-0.2, 0) is 14.2 Å². The predicted molar refractivity (Wildman–Crippen MR) is 138 cm³/mol. The van der Waals surface area contributed by atoms with Crippen LogP contribution in [0.2, 0.25) is 0 Å². The van der Waals surface area contributed by atoms with E-state index in [1.54, 1.807) is 6.92 Å². The lowest BCUT2D eigenvalue weighted by molar-refractivity contribution is -0.385. The molecule has 8 heteroatoms. The Kier molecular flexibility index (Phi) is 8.18. The van der Waals surface area contributed by atoms with Crippen LogP contribution in [0.4, 0.5) is 10.5 Å². The van der Waals surface area contributed by atoms with Crippen LogP contribution in [0.5, 0.6) is 0 Å². The molecule has 4 rings (SSSR count). The first-order chi connectivity index (χ1) is 17.9. The first-order valence-electron chi connectivity index (χ1n) is 12.3. The van der Waals surface area contributed by atoms with Crippen molar-refractivity contribution in [1.82, 2.24) is 0 Å². The van der Waals surface area contributed by atoms with E-state index in [1.165, 1.54) is 18.2 Å². The van der Waals surface area contributed by atoms with E-state index in [4.69, 9.17) is 14.2 Å². The zero-order valence-corrected chi connectivity index (χ0v) is 20.8. The van der Waals surface area contributed by atoms with Gasteiger partial charge in [-0.05, 0) is 34.7 Å². The number of hydrogen-bond acceptors (Lipinski definition) is 7. The molecule has 0 bridgehead atoms. The molecule has 0 fully saturated rings. The normalized spacial score (nSPS) is 12.8. The minimum atomic E-state index is -0.840. The van der Waals surface area contributed by atoms with Gasteiger partial charge in [-0.3, -0.25) is 10.1 Å². The molecule has 0 spiro atoms. The van der Waals surface area contributed by atoms with Crippen LogP contribution >= 0.6 is 0 Å². The number of unbranched alkanes of at least 4 members (excludes halogenated alkanes) is 1. The van der Waals surface area contributed by atoms with E-state index < -0.39 is 23.0 Å². The maximum absolute atomic E-state index is 12.4. The van der Waals surface area contributed by atoms with Gasteiger partial charge in [-0.2, -0.15) is 0 Å². The van der Waals surface area contributed by atoms with Crippen LogP contribution in [0.25, 0.3) is 11.1 Å². The predicted octanol–water partition coefficient (Wildman–Crippen LogP) is 6.62. The van der Waals surface area contributed by atoms with E-state index in [2.05, 4.69) is 12.1 Å². The van der Waals surface area contributed by atoms with Crippen LogP contribution in [-0.4, -0.2) is 36.9 Å². The minimum absolute atomic E-state index is 0.0944. The number of nitro groups is 1. The summed E-state index contributed by atoms with van der Waals surface area (Å²) < 4.78 is 15.9. The summed E-state index contributed by atoms with van der Waals surface area (Å²) in [6.45, 7) is 3.95. The van der Waals surface area contributed by atoms with Crippen LogP contribution in [0.1, 0.15) is 65.6 Å². The van der Waals surface area contributed by atoms with Gasteiger partial charge in [-0.15, -0.1) is 0 Å². The van der Waals surface area contributed by atoms with Crippen molar-refractivity contribution in [3.63, 3.8) is 0 Å². The molecule has 0 N–H and O–H groups in total. The summed E-state index contributed by atoms with van der Waals surface area (Å²) in [7, 11) is 0. The molecule has 1 aliphatic carbocycles. The van der Waals surface area contributed by atoms with E-state index in [1.807, 2.05) is 43.3 Å². The Morgan fingerprint density at radius 1 is 0.946 bits per heavy atom. The molecule has 1 aliphatic rings. The summed E-state index contributed by atoms with van der Waals surface area (Å²) in [6.07, 6.45) is 0.747. The fourth-order valence-electron chi connectivity index (χ4n) is 4.55. The van der Waals surface area contributed by atoms with Crippen molar-refractivity contribution in [2.75, 3.05) is 19.8 Å². The van der Waals surface area contributed by atoms with Gasteiger partial charge in [-0.1, -0.05) is 74.9 Å². The maximum Gasteiger partial charge on any atom is 0.508 e. The maximum atomic E-state index is 12.4. The van der Waals surface area contributed by atoms with Crippen LogP contribution in [0, 0.1) is 10.1 Å². The largest absolute Gasteiger partial charge is 0.508 e. The molecular formula is C29H29NO7. The van der Waals surface area contributed by atoms with Gasteiger partial charge in [0.1, 0.15) is 13.2 Å². The number of benzene rings is 3. The Balaban J connectivity index is 1.37. The second-order valence-electron chi connectivity index (χ2n) is 9.02.